The normalized spacial score (nSPS) is 9.12. The van der Waals surface area contributed by atoms with Crippen LogP contribution in [0.4, 0.5) is 0 Å². The standard InChI is InChI=1S/C5H3BrNO/c6-5-2-1-4(8)3-7-5/h1-2,8H. The zero-order valence-electron chi connectivity index (χ0n) is 3.93. The summed E-state index contributed by atoms with van der Waals surface area (Å²) in [6.45, 7) is 0. The molecule has 0 atom stereocenters. The predicted molar refractivity (Wildman–Crippen MR) is 32.4 cm³/mol. The van der Waals surface area contributed by atoms with Gasteiger partial charge < -0.3 is 5.11 Å². The van der Waals surface area contributed by atoms with Gasteiger partial charge in [0.05, 0.1) is 0 Å². The fourth-order valence-electron chi connectivity index (χ4n) is 0.333. The number of halogens is 1. The molecule has 0 saturated heterocycles. The van der Waals surface area contributed by atoms with Crippen LogP contribution in [0.15, 0.2) is 16.7 Å². The maximum absolute atomic E-state index is 8.62. The molecular weight excluding hydrogens is 170 g/mol. The third kappa shape index (κ3) is 1.20. The second-order valence-corrected chi connectivity index (χ2v) is 2.08. The van der Waals surface area contributed by atoms with E-state index in [0.29, 0.717) is 4.60 Å². The summed E-state index contributed by atoms with van der Waals surface area (Å²) in [6.07, 6.45) is 2.36. The molecule has 0 unspecified atom stereocenters. The average Bonchev–Trinajstić information content (AvgIpc) is 1.77. The summed E-state index contributed by atoms with van der Waals surface area (Å²) in [5.41, 5.74) is 0. The van der Waals surface area contributed by atoms with Gasteiger partial charge in [0.1, 0.15) is 16.5 Å². The highest BCUT2D eigenvalue weighted by Crippen LogP contribution is 2.08. The van der Waals surface area contributed by atoms with Crippen LogP contribution in [-0.2, 0) is 0 Å². The summed E-state index contributed by atoms with van der Waals surface area (Å²) in [5.74, 6) is 0.0631. The van der Waals surface area contributed by atoms with E-state index in [9.17, 15) is 0 Å². The number of aromatic hydroxyl groups is 1. The van der Waals surface area contributed by atoms with Crippen LogP contribution in [-0.4, -0.2) is 10.1 Å². The van der Waals surface area contributed by atoms with Gasteiger partial charge >= 0.3 is 0 Å². The Kier molecular flexibility index (Phi) is 1.48. The van der Waals surface area contributed by atoms with Crippen molar-refractivity contribution < 1.29 is 5.11 Å². The van der Waals surface area contributed by atoms with E-state index >= 15 is 0 Å². The molecule has 0 spiro atoms. The van der Waals surface area contributed by atoms with Gasteiger partial charge in [-0.15, -0.1) is 0 Å². The van der Waals surface area contributed by atoms with Crippen LogP contribution < -0.4 is 0 Å². The summed E-state index contributed by atoms with van der Waals surface area (Å²) in [6, 6.07) is 3.16. The van der Waals surface area contributed by atoms with Crippen molar-refractivity contribution in [1.29, 1.82) is 0 Å². The number of hydrogen-bond acceptors (Lipinski definition) is 2. The first-order valence-electron chi connectivity index (χ1n) is 2.02. The molecule has 0 fully saturated rings. The molecule has 0 aliphatic carbocycles. The first-order valence-corrected chi connectivity index (χ1v) is 2.81. The average molecular weight is 173 g/mol. The monoisotopic (exact) mass is 172 g/mol. The van der Waals surface area contributed by atoms with Gasteiger partial charge in [-0.3, -0.25) is 0 Å². The van der Waals surface area contributed by atoms with Gasteiger partial charge in [-0.25, -0.2) is 4.98 Å². The second kappa shape index (κ2) is 2.13. The molecular formula is C5H3BrNO. The maximum Gasteiger partial charge on any atom is 0.143 e. The molecule has 0 aromatic carbocycles. The van der Waals surface area contributed by atoms with Gasteiger partial charge in [0.2, 0.25) is 0 Å². The maximum atomic E-state index is 8.62. The van der Waals surface area contributed by atoms with Gasteiger partial charge in [0.15, 0.2) is 0 Å². The quantitative estimate of drug-likeness (QED) is 0.600. The molecule has 8 heavy (non-hydrogen) atoms. The number of rotatable bonds is 0. The minimum atomic E-state index is 0.0631. The van der Waals surface area contributed by atoms with E-state index in [-0.39, 0.29) is 5.75 Å². The van der Waals surface area contributed by atoms with Crippen molar-refractivity contribution in [3.8, 4) is 5.75 Å². The van der Waals surface area contributed by atoms with Crippen molar-refractivity contribution in [1.82, 2.24) is 4.98 Å². The summed E-state index contributed by atoms with van der Waals surface area (Å²) >= 11 is 3.09. The van der Waals surface area contributed by atoms with Gasteiger partial charge in [-0.1, -0.05) is 0 Å². The van der Waals surface area contributed by atoms with E-state index in [1.165, 1.54) is 6.07 Å². The number of aromatic nitrogens is 1. The Morgan fingerprint density at radius 2 is 2.38 bits per heavy atom. The molecule has 0 saturated carbocycles. The molecule has 0 aliphatic rings. The van der Waals surface area contributed by atoms with Crippen molar-refractivity contribution in [2.24, 2.45) is 0 Å². The summed E-state index contributed by atoms with van der Waals surface area (Å²) in [4.78, 5) is 3.62. The zero-order chi connectivity index (χ0) is 5.98. The van der Waals surface area contributed by atoms with Crippen LogP contribution in [0.1, 0.15) is 0 Å². The highest BCUT2D eigenvalue weighted by Gasteiger charge is 1.86. The Bertz CT molecular complexity index is 151. The van der Waals surface area contributed by atoms with E-state index in [1.807, 2.05) is 0 Å². The van der Waals surface area contributed by atoms with Crippen molar-refractivity contribution in [3.05, 3.63) is 22.9 Å². The molecule has 1 radical (unpaired) electrons. The SMILES string of the molecule is Oc1[c]nc(Br)cc1. The lowest BCUT2D eigenvalue weighted by molar-refractivity contribution is 0.471. The predicted octanol–water partition coefficient (Wildman–Crippen LogP) is 1.35. The molecule has 1 N–H and O–H groups in total. The summed E-state index contributed by atoms with van der Waals surface area (Å²) in [7, 11) is 0. The molecule has 3 heteroatoms. The number of pyridine rings is 1. The Labute approximate surface area is 55.3 Å². The van der Waals surface area contributed by atoms with Crippen molar-refractivity contribution in [2.45, 2.75) is 0 Å². The molecule has 0 amide bonds. The summed E-state index contributed by atoms with van der Waals surface area (Å²) < 4.78 is 0.676. The lowest BCUT2D eigenvalue weighted by Crippen LogP contribution is -1.71. The molecule has 2 nitrogen and oxygen atoms in total. The van der Waals surface area contributed by atoms with Crippen molar-refractivity contribution in [3.63, 3.8) is 0 Å². The molecule has 1 aromatic rings. The topological polar surface area (TPSA) is 33.1 Å². The fourth-order valence-corrected chi connectivity index (χ4v) is 0.554. The van der Waals surface area contributed by atoms with E-state index in [1.54, 1.807) is 6.07 Å². The second-order valence-electron chi connectivity index (χ2n) is 1.26. The van der Waals surface area contributed by atoms with E-state index < -0.39 is 0 Å². The number of hydrogen-bond donors (Lipinski definition) is 1. The largest absolute Gasteiger partial charge is 0.506 e. The minimum Gasteiger partial charge on any atom is -0.506 e. The van der Waals surface area contributed by atoms with E-state index in [2.05, 4.69) is 27.1 Å². The highest BCUT2D eigenvalue weighted by atomic mass is 79.9. The lowest BCUT2D eigenvalue weighted by Gasteiger charge is -1.86. The van der Waals surface area contributed by atoms with Crippen LogP contribution >= 0.6 is 15.9 Å². The molecule has 1 heterocycles. The van der Waals surface area contributed by atoms with Crippen LogP contribution in [0.25, 0.3) is 0 Å². The molecule has 0 aliphatic heterocycles. The van der Waals surface area contributed by atoms with E-state index in [4.69, 9.17) is 5.11 Å². The highest BCUT2D eigenvalue weighted by molar-refractivity contribution is 9.10. The van der Waals surface area contributed by atoms with Gasteiger partial charge in [0.25, 0.3) is 0 Å². The van der Waals surface area contributed by atoms with Crippen LogP contribution in [0.3, 0.4) is 0 Å². The van der Waals surface area contributed by atoms with Crippen LogP contribution in [0.2, 0.25) is 0 Å². The van der Waals surface area contributed by atoms with Gasteiger partial charge in [0, 0.05) is 0 Å². The Balaban J connectivity index is 3.03. The summed E-state index contributed by atoms with van der Waals surface area (Å²) in [5, 5.41) is 8.62. The van der Waals surface area contributed by atoms with Crippen molar-refractivity contribution >= 4 is 15.9 Å². The van der Waals surface area contributed by atoms with Crippen LogP contribution in [0.5, 0.6) is 5.75 Å². The number of nitrogens with zero attached hydrogens (tertiary/aromatic N) is 1. The molecule has 1 aromatic heterocycles. The molecule has 0 bridgehead atoms. The first-order chi connectivity index (χ1) is 3.79. The Morgan fingerprint density at radius 1 is 1.62 bits per heavy atom. The lowest BCUT2D eigenvalue weighted by atomic mass is 10.5. The third-order valence-electron chi connectivity index (χ3n) is 0.656. The van der Waals surface area contributed by atoms with Crippen LogP contribution in [0, 0.1) is 6.20 Å². The first kappa shape index (κ1) is 5.56. The molecule has 41 valence electrons. The smallest absolute Gasteiger partial charge is 0.143 e. The van der Waals surface area contributed by atoms with Gasteiger partial charge in [-0.2, -0.15) is 0 Å². The molecule has 1 rings (SSSR count). The third-order valence-corrected chi connectivity index (χ3v) is 1.10. The fraction of sp³-hybridized carbons (Fsp3) is 0. The Morgan fingerprint density at radius 3 is 2.75 bits per heavy atom. The Hall–Kier alpha value is -0.570. The zero-order valence-corrected chi connectivity index (χ0v) is 5.51. The minimum absolute atomic E-state index is 0.0631. The van der Waals surface area contributed by atoms with E-state index in [0.717, 1.165) is 0 Å². The van der Waals surface area contributed by atoms with Crippen molar-refractivity contribution in [2.75, 3.05) is 0 Å². The van der Waals surface area contributed by atoms with Gasteiger partial charge in [-0.05, 0) is 28.1 Å².